The Bertz CT molecular complexity index is 688. The van der Waals surface area contributed by atoms with E-state index in [4.69, 9.17) is 5.26 Å². The highest BCUT2D eigenvalue weighted by Gasteiger charge is 2.43. The second kappa shape index (κ2) is 6.31. The van der Waals surface area contributed by atoms with Crippen LogP contribution in [0.1, 0.15) is 11.1 Å². The van der Waals surface area contributed by atoms with Crippen LogP contribution in [-0.2, 0) is 11.3 Å². The van der Waals surface area contributed by atoms with Crippen molar-refractivity contribution in [1.82, 2.24) is 0 Å². The molecule has 0 heterocycles. The fourth-order valence-electron chi connectivity index (χ4n) is 1.92. The Morgan fingerprint density at radius 2 is 1.64 bits per heavy atom. The van der Waals surface area contributed by atoms with Gasteiger partial charge in [0.15, 0.2) is 0 Å². The van der Waals surface area contributed by atoms with E-state index in [1.165, 1.54) is 24.3 Å². The van der Waals surface area contributed by atoms with Gasteiger partial charge in [0.05, 0.1) is 18.2 Å². The number of benzene rings is 2. The van der Waals surface area contributed by atoms with Gasteiger partial charge in [0.25, 0.3) is 0 Å². The third-order valence-electron chi connectivity index (χ3n) is 2.98. The molecule has 0 N–H and O–H groups in total. The zero-order chi connectivity index (χ0) is 16.2. The summed E-state index contributed by atoms with van der Waals surface area (Å²) in [5.74, 6) is -1.94. The zero-order valence-electron chi connectivity index (χ0n) is 11.3. The maximum absolute atomic E-state index is 12.8. The molecule has 0 saturated heterocycles. The van der Waals surface area contributed by atoms with E-state index in [0.717, 1.165) is 0 Å². The molecule has 0 spiro atoms. The minimum absolute atomic E-state index is 0.0881. The molecule has 0 aromatic heterocycles. The molecule has 0 aliphatic heterocycles. The second-order valence-electron chi connectivity index (χ2n) is 4.53. The third-order valence-corrected chi connectivity index (χ3v) is 2.98. The fraction of sp³-hybridized carbons (Fsp3) is 0.125. The van der Waals surface area contributed by atoms with Crippen LogP contribution in [0.15, 0.2) is 54.6 Å². The van der Waals surface area contributed by atoms with Gasteiger partial charge in [-0.1, -0.05) is 30.3 Å². The molecular formula is C16H11F3N2O. The molecule has 0 fully saturated rings. The van der Waals surface area contributed by atoms with Gasteiger partial charge in [-0.3, -0.25) is 4.79 Å². The van der Waals surface area contributed by atoms with Gasteiger partial charge in [-0.2, -0.15) is 18.4 Å². The van der Waals surface area contributed by atoms with Crippen LogP contribution in [0.2, 0.25) is 0 Å². The van der Waals surface area contributed by atoms with E-state index < -0.39 is 12.1 Å². The van der Waals surface area contributed by atoms with Gasteiger partial charge in [-0.05, 0) is 29.8 Å². The van der Waals surface area contributed by atoms with Crippen LogP contribution in [0.3, 0.4) is 0 Å². The molecule has 22 heavy (non-hydrogen) atoms. The largest absolute Gasteiger partial charge is 0.471 e. The molecule has 2 aromatic rings. The van der Waals surface area contributed by atoms with Crippen molar-refractivity contribution >= 4 is 11.6 Å². The number of rotatable bonds is 3. The number of hydrogen-bond acceptors (Lipinski definition) is 2. The summed E-state index contributed by atoms with van der Waals surface area (Å²) in [6.07, 6.45) is -4.97. The number of anilines is 1. The number of nitrogens with zero attached hydrogens (tertiary/aromatic N) is 2. The quantitative estimate of drug-likeness (QED) is 0.868. The molecule has 0 atom stereocenters. The number of alkyl halides is 3. The van der Waals surface area contributed by atoms with Crippen LogP contribution in [0.5, 0.6) is 0 Å². The standard InChI is InChI=1S/C16H11F3N2O/c17-16(18,19)15(22)21(11-13-4-2-1-3-5-13)14-8-6-12(10-20)7-9-14/h1-9H,11H2. The van der Waals surface area contributed by atoms with Crippen molar-refractivity contribution in [1.29, 1.82) is 5.26 Å². The Morgan fingerprint density at radius 1 is 1.05 bits per heavy atom. The van der Waals surface area contributed by atoms with Gasteiger partial charge in [0.1, 0.15) is 0 Å². The van der Waals surface area contributed by atoms with Gasteiger partial charge < -0.3 is 4.90 Å². The maximum Gasteiger partial charge on any atom is 0.471 e. The molecule has 0 aliphatic carbocycles. The number of carbonyl (C=O) groups excluding carboxylic acids is 1. The van der Waals surface area contributed by atoms with Crippen LogP contribution >= 0.6 is 0 Å². The van der Waals surface area contributed by atoms with Gasteiger partial charge in [0, 0.05) is 5.69 Å². The highest BCUT2D eigenvalue weighted by atomic mass is 19.4. The molecular weight excluding hydrogens is 293 g/mol. The third kappa shape index (κ3) is 3.64. The molecule has 112 valence electrons. The summed E-state index contributed by atoms with van der Waals surface area (Å²) in [6, 6.07) is 15.7. The summed E-state index contributed by atoms with van der Waals surface area (Å²) >= 11 is 0. The number of amides is 1. The first-order chi connectivity index (χ1) is 10.4. The molecule has 0 radical (unpaired) electrons. The molecule has 0 unspecified atom stereocenters. The summed E-state index contributed by atoms with van der Waals surface area (Å²) in [6.45, 7) is -0.203. The lowest BCUT2D eigenvalue weighted by Gasteiger charge is -2.24. The number of carbonyl (C=O) groups is 1. The summed E-state index contributed by atoms with van der Waals surface area (Å²) in [5.41, 5.74) is 0.970. The van der Waals surface area contributed by atoms with Gasteiger partial charge in [-0.25, -0.2) is 0 Å². The molecule has 0 aliphatic rings. The highest BCUT2D eigenvalue weighted by molar-refractivity contribution is 5.97. The average Bonchev–Trinajstić information content (AvgIpc) is 2.52. The van der Waals surface area contributed by atoms with Crippen molar-refractivity contribution in [3.63, 3.8) is 0 Å². The van der Waals surface area contributed by atoms with E-state index in [9.17, 15) is 18.0 Å². The molecule has 2 rings (SSSR count). The Hall–Kier alpha value is -2.81. The van der Waals surface area contributed by atoms with Crippen molar-refractivity contribution in [2.75, 3.05) is 4.90 Å². The predicted octanol–water partition coefficient (Wildman–Crippen LogP) is 3.65. The van der Waals surface area contributed by atoms with E-state index in [1.54, 1.807) is 30.3 Å². The molecule has 0 bridgehead atoms. The first-order valence-corrected chi connectivity index (χ1v) is 6.34. The smallest absolute Gasteiger partial charge is 0.300 e. The predicted molar refractivity (Wildman–Crippen MR) is 74.8 cm³/mol. The molecule has 6 heteroatoms. The van der Waals surface area contributed by atoms with Crippen LogP contribution in [-0.4, -0.2) is 12.1 Å². The molecule has 2 aromatic carbocycles. The number of hydrogen-bond donors (Lipinski definition) is 0. The van der Waals surface area contributed by atoms with E-state index in [1.807, 2.05) is 6.07 Å². The van der Waals surface area contributed by atoms with E-state index >= 15 is 0 Å². The molecule has 1 amide bonds. The summed E-state index contributed by atoms with van der Waals surface area (Å²) in [4.78, 5) is 12.3. The van der Waals surface area contributed by atoms with Crippen molar-refractivity contribution in [2.45, 2.75) is 12.7 Å². The fourth-order valence-corrected chi connectivity index (χ4v) is 1.92. The molecule has 0 saturated carbocycles. The van der Waals surface area contributed by atoms with E-state index in [0.29, 0.717) is 16.0 Å². The summed E-state index contributed by atoms with van der Waals surface area (Å²) in [7, 11) is 0. The van der Waals surface area contributed by atoms with Gasteiger partial charge in [0.2, 0.25) is 0 Å². The number of halogens is 3. The minimum Gasteiger partial charge on any atom is -0.300 e. The highest BCUT2D eigenvalue weighted by Crippen LogP contribution is 2.25. The first-order valence-electron chi connectivity index (χ1n) is 6.34. The Balaban J connectivity index is 2.36. The Kier molecular flexibility index (Phi) is 4.47. The SMILES string of the molecule is N#Cc1ccc(N(Cc2ccccc2)C(=O)C(F)(F)F)cc1. The first kappa shape index (κ1) is 15.6. The van der Waals surface area contributed by atoms with Crippen LogP contribution < -0.4 is 4.90 Å². The Morgan fingerprint density at radius 3 is 2.14 bits per heavy atom. The van der Waals surface area contributed by atoms with Crippen molar-refractivity contribution in [3.8, 4) is 6.07 Å². The lowest BCUT2D eigenvalue weighted by molar-refractivity contribution is -0.170. The van der Waals surface area contributed by atoms with Crippen LogP contribution in [0.25, 0.3) is 0 Å². The van der Waals surface area contributed by atoms with E-state index in [2.05, 4.69) is 0 Å². The van der Waals surface area contributed by atoms with E-state index in [-0.39, 0.29) is 12.2 Å². The summed E-state index contributed by atoms with van der Waals surface area (Å²) in [5, 5.41) is 8.73. The second-order valence-corrected chi connectivity index (χ2v) is 4.53. The average molecular weight is 304 g/mol. The van der Waals surface area contributed by atoms with Gasteiger partial charge >= 0.3 is 12.1 Å². The van der Waals surface area contributed by atoms with Crippen molar-refractivity contribution in [2.24, 2.45) is 0 Å². The Labute approximate surface area is 125 Å². The lowest BCUT2D eigenvalue weighted by Crippen LogP contribution is -2.40. The number of nitriles is 1. The maximum atomic E-state index is 12.8. The van der Waals surface area contributed by atoms with Crippen molar-refractivity contribution in [3.05, 3.63) is 65.7 Å². The minimum atomic E-state index is -4.97. The van der Waals surface area contributed by atoms with Crippen LogP contribution in [0, 0.1) is 11.3 Å². The lowest BCUT2D eigenvalue weighted by atomic mass is 10.1. The van der Waals surface area contributed by atoms with Gasteiger partial charge in [-0.15, -0.1) is 0 Å². The normalized spacial score (nSPS) is 10.8. The van der Waals surface area contributed by atoms with Crippen molar-refractivity contribution < 1.29 is 18.0 Å². The summed E-state index contributed by atoms with van der Waals surface area (Å²) < 4.78 is 38.4. The monoisotopic (exact) mass is 304 g/mol. The topological polar surface area (TPSA) is 44.1 Å². The van der Waals surface area contributed by atoms with Crippen LogP contribution in [0.4, 0.5) is 18.9 Å². The zero-order valence-corrected chi connectivity index (χ0v) is 11.3. The molecule has 3 nitrogen and oxygen atoms in total.